The highest BCUT2D eigenvalue weighted by Crippen LogP contribution is 2.52. The Morgan fingerprint density at radius 3 is 2.85 bits per heavy atom. The number of nitrogens with zero attached hydrogens (tertiary/aromatic N) is 4. The van der Waals surface area contributed by atoms with Crippen molar-refractivity contribution in [2.45, 2.75) is 25.2 Å². The van der Waals surface area contributed by atoms with Gasteiger partial charge in [-0.25, -0.2) is 0 Å². The Morgan fingerprint density at radius 2 is 2.30 bits per heavy atom. The Balaban J connectivity index is 2.00. The van der Waals surface area contributed by atoms with Crippen molar-refractivity contribution in [2.24, 2.45) is 12.5 Å². The van der Waals surface area contributed by atoms with E-state index in [4.69, 9.17) is 5.73 Å². The highest BCUT2D eigenvalue weighted by atomic mass is 15.2. The number of hydrogen-bond acceptors (Lipinski definition) is 4. The van der Waals surface area contributed by atoms with E-state index in [1.165, 1.54) is 0 Å². The van der Waals surface area contributed by atoms with Crippen molar-refractivity contribution in [3.63, 3.8) is 0 Å². The Morgan fingerprint density at radius 1 is 1.50 bits per heavy atom. The van der Waals surface area contributed by atoms with Crippen LogP contribution in [-0.4, -0.2) is 14.8 Å². The van der Waals surface area contributed by atoms with Crippen LogP contribution < -0.4 is 5.73 Å². The molecule has 5 heteroatoms. The summed E-state index contributed by atoms with van der Waals surface area (Å²) in [6.45, 7) is 0. The fraction of sp³-hybridized carbons (Fsp3) is 0.400. The van der Waals surface area contributed by atoms with Gasteiger partial charge in [0, 0.05) is 18.7 Å². The van der Waals surface area contributed by atoms with Gasteiger partial charge in [-0.2, -0.15) is 5.26 Å². The average Bonchev–Trinajstić information content (AvgIpc) is 3.11. The Kier molecular flexibility index (Phi) is 2.94. The lowest BCUT2D eigenvalue weighted by Gasteiger charge is -2.19. The molecule has 1 atom stereocenters. The van der Waals surface area contributed by atoms with Crippen LogP contribution in [0.5, 0.6) is 0 Å². The SMILES string of the molecule is Cn1cnnc1C(CC1(C#N)CC1)c1cccc(N)c1. The normalized spacial score (nSPS) is 17.4. The summed E-state index contributed by atoms with van der Waals surface area (Å²) in [5.74, 6) is 0.949. The number of rotatable bonds is 4. The van der Waals surface area contributed by atoms with Crippen LogP contribution in [0.1, 0.15) is 36.6 Å². The first-order chi connectivity index (χ1) is 9.63. The van der Waals surface area contributed by atoms with Crippen LogP contribution in [0, 0.1) is 16.7 Å². The van der Waals surface area contributed by atoms with Gasteiger partial charge in [-0.15, -0.1) is 10.2 Å². The van der Waals surface area contributed by atoms with E-state index in [1.807, 2.05) is 35.9 Å². The number of hydrogen-bond donors (Lipinski definition) is 1. The van der Waals surface area contributed by atoms with Crippen LogP contribution in [0.4, 0.5) is 5.69 Å². The van der Waals surface area contributed by atoms with Crippen molar-refractivity contribution < 1.29 is 0 Å². The first kappa shape index (κ1) is 12.7. The number of aromatic nitrogens is 3. The number of nitrogen functional groups attached to an aromatic ring is 1. The summed E-state index contributed by atoms with van der Waals surface area (Å²) in [5.41, 5.74) is 7.53. The molecule has 0 radical (unpaired) electrons. The second-order valence-electron chi connectivity index (χ2n) is 5.62. The zero-order valence-electron chi connectivity index (χ0n) is 11.5. The molecule has 1 aliphatic carbocycles. The van der Waals surface area contributed by atoms with Crippen LogP contribution in [0.25, 0.3) is 0 Å². The lowest BCUT2D eigenvalue weighted by Crippen LogP contribution is -2.13. The first-order valence-electron chi connectivity index (χ1n) is 6.74. The number of nitriles is 1. The summed E-state index contributed by atoms with van der Waals surface area (Å²) in [6, 6.07) is 10.3. The van der Waals surface area contributed by atoms with E-state index < -0.39 is 0 Å². The molecule has 2 aromatic rings. The fourth-order valence-corrected chi connectivity index (χ4v) is 2.64. The van der Waals surface area contributed by atoms with Crippen LogP contribution in [0.3, 0.4) is 0 Å². The zero-order valence-corrected chi connectivity index (χ0v) is 11.5. The predicted octanol–water partition coefficient (Wildman–Crippen LogP) is 2.22. The van der Waals surface area contributed by atoms with Crippen LogP contribution >= 0.6 is 0 Å². The summed E-state index contributed by atoms with van der Waals surface area (Å²) in [6.07, 6.45) is 4.42. The second-order valence-corrected chi connectivity index (χ2v) is 5.62. The molecule has 5 nitrogen and oxygen atoms in total. The van der Waals surface area contributed by atoms with Crippen molar-refractivity contribution in [1.29, 1.82) is 5.26 Å². The van der Waals surface area contributed by atoms with Crippen molar-refractivity contribution in [2.75, 3.05) is 5.73 Å². The third-order valence-corrected chi connectivity index (χ3v) is 4.06. The van der Waals surface area contributed by atoms with E-state index in [2.05, 4.69) is 16.3 Å². The third kappa shape index (κ3) is 2.25. The van der Waals surface area contributed by atoms with E-state index in [9.17, 15) is 5.26 Å². The smallest absolute Gasteiger partial charge is 0.140 e. The van der Waals surface area contributed by atoms with Crippen molar-refractivity contribution >= 4 is 5.69 Å². The molecule has 20 heavy (non-hydrogen) atoms. The van der Waals surface area contributed by atoms with Gasteiger partial charge in [-0.3, -0.25) is 0 Å². The highest BCUT2D eigenvalue weighted by Gasteiger charge is 2.45. The molecule has 2 N–H and O–H groups in total. The zero-order chi connectivity index (χ0) is 14.2. The van der Waals surface area contributed by atoms with E-state index in [-0.39, 0.29) is 11.3 Å². The maximum absolute atomic E-state index is 9.36. The molecule has 1 unspecified atom stereocenters. The largest absolute Gasteiger partial charge is 0.399 e. The van der Waals surface area contributed by atoms with E-state index in [0.29, 0.717) is 0 Å². The number of anilines is 1. The molecule has 1 aromatic heterocycles. The Hall–Kier alpha value is -2.35. The molecule has 0 saturated heterocycles. The maximum Gasteiger partial charge on any atom is 0.140 e. The van der Waals surface area contributed by atoms with Crippen LogP contribution in [-0.2, 0) is 7.05 Å². The van der Waals surface area contributed by atoms with Gasteiger partial charge in [0.2, 0.25) is 0 Å². The van der Waals surface area contributed by atoms with Gasteiger partial charge in [-0.05, 0) is 37.0 Å². The molecule has 0 amide bonds. The lowest BCUT2D eigenvalue weighted by atomic mass is 9.86. The molecular weight excluding hydrogens is 250 g/mol. The number of aryl methyl sites for hydroxylation is 1. The molecule has 1 heterocycles. The van der Waals surface area contributed by atoms with Crippen LogP contribution in [0.15, 0.2) is 30.6 Å². The minimum Gasteiger partial charge on any atom is -0.399 e. The van der Waals surface area contributed by atoms with E-state index in [0.717, 1.165) is 36.3 Å². The predicted molar refractivity (Wildman–Crippen MR) is 75.6 cm³/mol. The standard InChI is InChI=1S/C15H17N5/c1-20-10-18-19-14(20)13(8-15(9-16)5-6-15)11-3-2-4-12(17)7-11/h2-4,7,10,13H,5-6,8,17H2,1H3. The van der Waals surface area contributed by atoms with Gasteiger partial charge in [0.15, 0.2) is 0 Å². The summed E-state index contributed by atoms with van der Waals surface area (Å²) < 4.78 is 1.92. The van der Waals surface area contributed by atoms with Gasteiger partial charge in [0.05, 0.1) is 11.5 Å². The average molecular weight is 267 g/mol. The minimum absolute atomic E-state index is 0.0631. The lowest BCUT2D eigenvalue weighted by molar-refractivity contribution is 0.520. The summed E-state index contributed by atoms with van der Waals surface area (Å²) in [4.78, 5) is 0. The molecule has 1 aliphatic rings. The van der Waals surface area contributed by atoms with Crippen molar-refractivity contribution in [3.05, 3.63) is 42.0 Å². The maximum atomic E-state index is 9.36. The van der Waals surface area contributed by atoms with Crippen molar-refractivity contribution in [1.82, 2.24) is 14.8 Å². The highest BCUT2D eigenvalue weighted by molar-refractivity contribution is 5.43. The molecule has 1 fully saturated rings. The van der Waals surface area contributed by atoms with Gasteiger partial charge < -0.3 is 10.3 Å². The van der Waals surface area contributed by atoms with Gasteiger partial charge in [0.1, 0.15) is 12.2 Å². The number of benzene rings is 1. The monoisotopic (exact) mass is 267 g/mol. The Bertz CT molecular complexity index is 663. The van der Waals surface area contributed by atoms with E-state index >= 15 is 0 Å². The van der Waals surface area contributed by atoms with E-state index in [1.54, 1.807) is 6.33 Å². The van der Waals surface area contributed by atoms with Crippen LogP contribution in [0.2, 0.25) is 0 Å². The summed E-state index contributed by atoms with van der Waals surface area (Å²) >= 11 is 0. The van der Waals surface area contributed by atoms with Gasteiger partial charge in [0.25, 0.3) is 0 Å². The second kappa shape index (κ2) is 4.64. The third-order valence-electron chi connectivity index (χ3n) is 4.06. The molecule has 102 valence electrons. The summed E-state index contributed by atoms with van der Waals surface area (Å²) in [5, 5.41) is 17.6. The quantitative estimate of drug-likeness (QED) is 0.861. The molecule has 3 rings (SSSR count). The summed E-state index contributed by atoms with van der Waals surface area (Å²) in [7, 11) is 1.93. The first-order valence-corrected chi connectivity index (χ1v) is 6.74. The molecule has 0 bridgehead atoms. The topological polar surface area (TPSA) is 80.5 Å². The van der Waals surface area contributed by atoms with Crippen molar-refractivity contribution in [3.8, 4) is 6.07 Å². The van der Waals surface area contributed by atoms with Gasteiger partial charge in [-0.1, -0.05) is 12.1 Å². The molecule has 0 aliphatic heterocycles. The fourth-order valence-electron chi connectivity index (χ4n) is 2.64. The molecule has 1 aromatic carbocycles. The number of nitrogens with two attached hydrogens (primary N) is 1. The van der Waals surface area contributed by atoms with Gasteiger partial charge >= 0.3 is 0 Å². The molecular formula is C15H17N5. The Labute approximate surface area is 118 Å². The molecule has 0 spiro atoms. The molecule has 1 saturated carbocycles. The minimum atomic E-state index is -0.193.